The Kier molecular flexibility index (Phi) is 5.53. The molecule has 1 saturated heterocycles. The molecule has 0 aromatic rings. The molecule has 2 nitrogen and oxygen atoms in total. The zero-order chi connectivity index (χ0) is 14.8. The largest absolute Gasteiger partial charge is 0.312 e. The van der Waals surface area contributed by atoms with E-state index in [0.29, 0.717) is 5.41 Å². The van der Waals surface area contributed by atoms with E-state index in [1.54, 1.807) is 0 Å². The minimum absolute atomic E-state index is 0.482. The normalized spacial score (nSPS) is 27.6. The summed E-state index contributed by atoms with van der Waals surface area (Å²) in [5.74, 6) is 1.66. The van der Waals surface area contributed by atoms with Crippen LogP contribution in [0, 0.1) is 17.3 Å². The van der Waals surface area contributed by atoms with Crippen LogP contribution in [0.25, 0.3) is 0 Å². The lowest BCUT2D eigenvalue weighted by Gasteiger charge is -2.34. The van der Waals surface area contributed by atoms with Crippen molar-refractivity contribution in [2.24, 2.45) is 17.3 Å². The zero-order valence-corrected chi connectivity index (χ0v) is 14.4. The fraction of sp³-hybridized carbons (Fsp3) is 1.00. The van der Waals surface area contributed by atoms with Crippen molar-refractivity contribution in [3.8, 4) is 0 Å². The highest BCUT2D eigenvalue weighted by atomic mass is 15.2. The third kappa shape index (κ3) is 4.73. The van der Waals surface area contributed by atoms with E-state index in [9.17, 15) is 0 Å². The van der Waals surface area contributed by atoms with Crippen molar-refractivity contribution >= 4 is 0 Å². The Morgan fingerprint density at radius 3 is 2.30 bits per heavy atom. The van der Waals surface area contributed by atoms with Gasteiger partial charge in [0.25, 0.3) is 0 Å². The van der Waals surface area contributed by atoms with Gasteiger partial charge in [-0.2, -0.15) is 0 Å². The van der Waals surface area contributed by atoms with Gasteiger partial charge in [-0.15, -0.1) is 0 Å². The number of hydrogen-bond donors (Lipinski definition) is 1. The number of rotatable bonds is 5. The van der Waals surface area contributed by atoms with Gasteiger partial charge in [0.05, 0.1) is 0 Å². The molecule has 1 aliphatic carbocycles. The van der Waals surface area contributed by atoms with Crippen LogP contribution in [-0.4, -0.2) is 36.6 Å². The summed E-state index contributed by atoms with van der Waals surface area (Å²) in [5, 5.41) is 3.76. The summed E-state index contributed by atoms with van der Waals surface area (Å²) in [4.78, 5) is 2.78. The average Bonchev–Trinajstić information content (AvgIpc) is 3.13. The predicted octanol–water partition coefficient (Wildman–Crippen LogP) is 3.91. The van der Waals surface area contributed by atoms with E-state index in [2.05, 4.69) is 44.8 Å². The molecular formula is C18H36N2. The Bertz CT molecular complexity index is 288. The lowest BCUT2D eigenvalue weighted by molar-refractivity contribution is 0.147. The molecule has 1 aliphatic heterocycles. The van der Waals surface area contributed by atoms with Gasteiger partial charge in [-0.25, -0.2) is 0 Å². The molecule has 0 radical (unpaired) electrons. The molecule has 2 unspecified atom stereocenters. The lowest BCUT2D eigenvalue weighted by Crippen LogP contribution is -2.46. The van der Waals surface area contributed by atoms with Crippen molar-refractivity contribution in [2.75, 3.05) is 19.6 Å². The quantitative estimate of drug-likeness (QED) is 0.821. The van der Waals surface area contributed by atoms with Crippen LogP contribution >= 0.6 is 0 Å². The van der Waals surface area contributed by atoms with Crippen LogP contribution in [0.2, 0.25) is 0 Å². The molecule has 20 heavy (non-hydrogen) atoms. The van der Waals surface area contributed by atoms with Crippen molar-refractivity contribution in [3.63, 3.8) is 0 Å². The van der Waals surface area contributed by atoms with Gasteiger partial charge in [0, 0.05) is 18.6 Å². The van der Waals surface area contributed by atoms with E-state index >= 15 is 0 Å². The van der Waals surface area contributed by atoms with Crippen LogP contribution < -0.4 is 5.32 Å². The van der Waals surface area contributed by atoms with Crippen LogP contribution in [0.1, 0.15) is 66.7 Å². The second kappa shape index (κ2) is 6.79. The molecule has 2 fully saturated rings. The summed E-state index contributed by atoms with van der Waals surface area (Å²) >= 11 is 0. The maximum atomic E-state index is 3.76. The fourth-order valence-electron chi connectivity index (χ4n) is 3.68. The molecule has 0 spiro atoms. The summed E-state index contributed by atoms with van der Waals surface area (Å²) in [6.07, 6.45) is 6.99. The first-order chi connectivity index (χ1) is 9.38. The molecule has 2 heteroatoms. The standard InChI is InChI=1S/C18H36N2/c1-14(2)17(13-19-16-8-9-16)20-11-6-7-15(10-12-20)18(3,4)5/h14-17,19H,6-13H2,1-5H3. The van der Waals surface area contributed by atoms with Gasteiger partial charge in [-0.05, 0) is 62.4 Å². The van der Waals surface area contributed by atoms with Gasteiger partial charge in [0.15, 0.2) is 0 Å². The first-order valence-corrected chi connectivity index (χ1v) is 8.85. The molecular weight excluding hydrogens is 244 g/mol. The van der Waals surface area contributed by atoms with Crippen LogP contribution in [0.15, 0.2) is 0 Å². The Hall–Kier alpha value is -0.0800. The molecule has 0 aromatic heterocycles. The minimum Gasteiger partial charge on any atom is -0.312 e. The molecule has 2 rings (SSSR count). The fourth-order valence-corrected chi connectivity index (χ4v) is 3.68. The third-order valence-electron chi connectivity index (χ3n) is 5.42. The van der Waals surface area contributed by atoms with Gasteiger partial charge >= 0.3 is 0 Å². The Labute approximate surface area is 126 Å². The number of nitrogens with zero attached hydrogens (tertiary/aromatic N) is 1. The topological polar surface area (TPSA) is 15.3 Å². The van der Waals surface area contributed by atoms with Gasteiger partial charge in [-0.3, -0.25) is 4.90 Å². The van der Waals surface area contributed by atoms with E-state index < -0.39 is 0 Å². The smallest absolute Gasteiger partial charge is 0.0243 e. The highest BCUT2D eigenvalue weighted by Crippen LogP contribution is 2.35. The zero-order valence-electron chi connectivity index (χ0n) is 14.4. The molecule has 118 valence electrons. The predicted molar refractivity (Wildman–Crippen MR) is 88.0 cm³/mol. The summed E-state index contributed by atoms with van der Waals surface area (Å²) < 4.78 is 0. The average molecular weight is 280 g/mol. The minimum atomic E-state index is 0.482. The maximum absolute atomic E-state index is 3.76. The molecule has 0 amide bonds. The van der Waals surface area contributed by atoms with E-state index in [1.807, 2.05) is 0 Å². The van der Waals surface area contributed by atoms with Crippen molar-refractivity contribution in [1.82, 2.24) is 10.2 Å². The monoisotopic (exact) mass is 280 g/mol. The number of likely N-dealkylation sites (tertiary alicyclic amines) is 1. The molecule has 2 atom stereocenters. The highest BCUT2D eigenvalue weighted by Gasteiger charge is 2.31. The Morgan fingerprint density at radius 1 is 1.05 bits per heavy atom. The molecule has 1 N–H and O–H groups in total. The number of hydrogen-bond acceptors (Lipinski definition) is 2. The summed E-state index contributed by atoms with van der Waals surface area (Å²) in [6, 6.07) is 1.57. The van der Waals surface area contributed by atoms with Crippen molar-refractivity contribution in [3.05, 3.63) is 0 Å². The van der Waals surface area contributed by atoms with Crippen LogP contribution in [0.4, 0.5) is 0 Å². The summed E-state index contributed by atoms with van der Waals surface area (Å²) in [7, 11) is 0. The molecule has 2 aliphatic rings. The Balaban J connectivity index is 1.88. The lowest BCUT2D eigenvalue weighted by atomic mass is 9.77. The van der Waals surface area contributed by atoms with Crippen LogP contribution in [-0.2, 0) is 0 Å². The van der Waals surface area contributed by atoms with Crippen molar-refractivity contribution in [1.29, 1.82) is 0 Å². The van der Waals surface area contributed by atoms with E-state index in [4.69, 9.17) is 0 Å². The summed E-state index contributed by atoms with van der Waals surface area (Å²) in [6.45, 7) is 15.9. The van der Waals surface area contributed by atoms with Crippen LogP contribution in [0.5, 0.6) is 0 Å². The van der Waals surface area contributed by atoms with Crippen molar-refractivity contribution < 1.29 is 0 Å². The highest BCUT2D eigenvalue weighted by molar-refractivity contribution is 4.87. The third-order valence-corrected chi connectivity index (χ3v) is 5.42. The molecule has 0 aromatic carbocycles. The van der Waals surface area contributed by atoms with Gasteiger partial charge in [0.2, 0.25) is 0 Å². The maximum Gasteiger partial charge on any atom is 0.0243 e. The van der Waals surface area contributed by atoms with E-state index in [1.165, 1.54) is 51.7 Å². The second-order valence-electron chi connectivity index (χ2n) is 8.52. The summed E-state index contributed by atoms with van der Waals surface area (Å²) in [5.41, 5.74) is 0.482. The first kappa shape index (κ1) is 16.3. The SMILES string of the molecule is CC(C)C(CNC1CC1)N1CCCC(C(C)(C)C)CC1. The Morgan fingerprint density at radius 2 is 1.75 bits per heavy atom. The van der Waals surface area contributed by atoms with Gasteiger partial charge < -0.3 is 5.32 Å². The molecule has 0 bridgehead atoms. The molecule has 1 heterocycles. The number of nitrogens with one attached hydrogen (secondary N) is 1. The van der Waals surface area contributed by atoms with Crippen molar-refractivity contribution in [2.45, 2.75) is 78.8 Å². The first-order valence-electron chi connectivity index (χ1n) is 8.85. The van der Waals surface area contributed by atoms with E-state index in [-0.39, 0.29) is 0 Å². The van der Waals surface area contributed by atoms with E-state index in [0.717, 1.165) is 23.9 Å². The van der Waals surface area contributed by atoms with Gasteiger partial charge in [0.1, 0.15) is 0 Å². The molecule has 1 saturated carbocycles. The van der Waals surface area contributed by atoms with Gasteiger partial charge in [-0.1, -0.05) is 34.6 Å². The second-order valence-corrected chi connectivity index (χ2v) is 8.52. The van der Waals surface area contributed by atoms with Crippen LogP contribution in [0.3, 0.4) is 0 Å².